The standard InChI is InChI=1S/C21H36N2O3/c1-17(2)20(24)8-6-11-22(4)13-10-18(3)21(25)9-7-12-23(5)14-19-15-26-16-19/h6-9,17-19H,10-16H2,1-5H3/b8-6+,9-7+. The molecule has 1 aliphatic heterocycles. The third kappa shape index (κ3) is 9.41. The molecule has 1 aliphatic rings. The van der Waals surface area contributed by atoms with E-state index in [9.17, 15) is 9.59 Å². The van der Waals surface area contributed by atoms with Gasteiger partial charge in [0.15, 0.2) is 11.6 Å². The molecular formula is C21H36N2O3. The Morgan fingerprint density at radius 2 is 1.58 bits per heavy atom. The topological polar surface area (TPSA) is 49.9 Å². The molecule has 0 radical (unpaired) electrons. The molecule has 5 heteroatoms. The largest absolute Gasteiger partial charge is 0.381 e. The number of ether oxygens (including phenoxy) is 1. The Balaban J connectivity index is 2.19. The fraction of sp³-hybridized carbons (Fsp3) is 0.714. The van der Waals surface area contributed by atoms with Crippen molar-refractivity contribution in [1.82, 2.24) is 9.80 Å². The molecule has 1 heterocycles. The summed E-state index contributed by atoms with van der Waals surface area (Å²) in [6.45, 7) is 10.9. The minimum atomic E-state index is 0.0142. The lowest BCUT2D eigenvalue weighted by molar-refractivity contribution is -0.118. The normalized spacial score (nSPS) is 16.9. The summed E-state index contributed by atoms with van der Waals surface area (Å²) in [6, 6.07) is 0. The number of hydrogen-bond donors (Lipinski definition) is 0. The van der Waals surface area contributed by atoms with E-state index in [1.54, 1.807) is 12.2 Å². The summed E-state index contributed by atoms with van der Waals surface area (Å²) in [6.07, 6.45) is 8.06. The fourth-order valence-corrected chi connectivity index (χ4v) is 2.61. The minimum absolute atomic E-state index is 0.0142. The highest BCUT2D eigenvalue weighted by Gasteiger charge is 2.19. The van der Waals surface area contributed by atoms with E-state index in [1.807, 2.05) is 40.0 Å². The summed E-state index contributed by atoms with van der Waals surface area (Å²) in [5.41, 5.74) is 0. The third-order valence-corrected chi connectivity index (χ3v) is 4.67. The summed E-state index contributed by atoms with van der Waals surface area (Å²) >= 11 is 0. The van der Waals surface area contributed by atoms with Crippen molar-refractivity contribution < 1.29 is 14.3 Å². The van der Waals surface area contributed by atoms with Crippen molar-refractivity contribution in [2.24, 2.45) is 17.8 Å². The maximum absolute atomic E-state index is 12.2. The SMILES string of the molecule is CC(C)C(=O)/C=C/CN(C)CCC(C)C(=O)/C=C/CN(C)CC1COC1. The number of rotatable bonds is 13. The second-order valence-electron chi connectivity index (χ2n) is 7.84. The molecule has 0 aromatic rings. The summed E-state index contributed by atoms with van der Waals surface area (Å²) in [5, 5.41) is 0. The molecule has 0 spiro atoms. The lowest BCUT2D eigenvalue weighted by Crippen LogP contribution is -2.37. The zero-order valence-electron chi connectivity index (χ0n) is 17.1. The molecule has 5 nitrogen and oxygen atoms in total. The zero-order chi connectivity index (χ0) is 19.5. The quantitative estimate of drug-likeness (QED) is 0.470. The van der Waals surface area contributed by atoms with Crippen LogP contribution < -0.4 is 0 Å². The molecule has 0 N–H and O–H groups in total. The Labute approximate surface area is 159 Å². The van der Waals surface area contributed by atoms with Crippen LogP contribution in [-0.4, -0.2) is 74.9 Å². The summed E-state index contributed by atoms with van der Waals surface area (Å²) in [4.78, 5) is 28.1. The van der Waals surface area contributed by atoms with Gasteiger partial charge in [0.25, 0.3) is 0 Å². The molecule has 0 aromatic carbocycles. The highest BCUT2D eigenvalue weighted by atomic mass is 16.5. The van der Waals surface area contributed by atoms with Crippen molar-refractivity contribution >= 4 is 11.6 Å². The lowest BCUT2D eigenvalue weighted by atomic mass is 10.0. The van der Waals surface area contributed by atoms with Crippen LogP contribution in [0.2, 0.25) is 0 Å². The Kier molecular flexibility index (Phi) is 10.6. The van der Waals surface area contributed by atoms with Gasteiger partial charge in [0.1, 0.15) is 0 Å². The minimum Gasteiger partial charge on any atom is -0.381 e. The maximum Gasteiger partial charge on any atom is 0.158 e. The van der Waals surface area contributed by atoms with Crippen molar-refractivity contribution in [2.45, 2.75) is 27.2 Å². The molecule has 0 saturated carbocycles. The van der Waals surface area contributed by atoms with Crippen LogP contribution in [0.15, 0.2) is 24.3 Å². The number of nitrogens with zero attached hydrogens (tertiary/aromatic N) is 2. The second-order valence-corrected chi connectivity index (χ2v) is 7.84. The van der Waals surface area contributed by atoms with Crippen LogP contribution in [0.5, 0.6) is 0 Å². The Hall–Kier alpha value is -1.30. The third-order valence-electron chi connectivity index (χ3n) is 4.67. The Morgan fingerprint density at radius 1 is 1.00 bits per heavy atom. The van der Waals surface area contributed by atoms with Gasteiger partial charge >= 0.3 is 0 Å². The van der Waals surface area contributed by atoms with Crippen molar-refractivity contribution in [1.29, 1.82) is 0 Å². The van der Waals surface area contributed by atoms with E-state index >= 15 is 0 Å². The molecule has 0 aliphatic carbocycles. The van der Waals surface area contributed by atoms with Crippen LogP contribution in [0.1, 0.15) is 27.2 Å². The van der Waals surface area contributed by atoms with Gasteiger partial charge in [0.2, 0.25) is 0 Å². The first-order valence-electron chi connectivity index (χ1n) is 9.65. The first kappa shape index (κ1) is 22.7. The van der Waals surface area contributed by atoms with Crippen LogP contribution >= 0.6 is 0 Å². The van der Waals surface area contributed by atoms with Crippen molar-refractivity contribution in [2.75, 3.05) is 53.5 Å². The van der Waals surface area contributed by atoms with Gasteiger partial charge in [-0.05, 0) is 39.2 Å². The van der Waals surface area contributed by atoms with Crippen LogP contribution in [0.4, 0.5) is 0 Å². The molecule has 26 heavy (non-hydrogen) atoms. The average molecular weight is 365 g/mol. The van der Waals surface area contributed by atoms with E-state index in [-0.39, 0.29) is 23.4 Å². The highest BCUT2D eigenvalue weighted by molar-refractivity contribution is 5.91. The molecule has 1 rings (SSSR count). The molecule has 1 atom stereocenters. The molecule has 0 aromatic heterocycles. The second kappa shape index (κ2) is 12.2. The number of carbonyl (C=O) groups excluding carboxylic acids is 2. The van der Waals surface area contributed by atoms with Crippen LogP contribution in [0, 0.1) is 17.8 Å². The van der Waals surface area contributed by atoms with Gasteiger partial charge in [0, 0.05) is 37.4 Å². The van der Waals surface area contributed by atoms with Gasteiger partial charge in [-0.3, -0.25) is 9.59 Å². The molecule has 0 amide bonds. The molecule has 1 unspecified atom stereocenters. The Bertz CT molecular complexity index is 495. The average Bonchev–Trinajstić information content (AvgIpc) is 2.55. The summed E-state index contributed by atoms with van der Waals surface area (Å²) in [7, 11) is 4.08. The van der Waals surface area contributed by atoms with Crippen molar-refractivity contribution in [3.63, 3.8) is 0 Å². The first-order valence-corrected chi connectivity index (χ1v) is 9.65. The van der Waals surface area contributed by atoms with Crippen LogP contribution in [0.3, 0.4) is 0 Å². The predicted octanol–water partition coefficient (Wildman–Crippen LogP) is 2.43. The number of allylic oxidation sites excluding steroid dienone is 2. The number of hydrogen-bond acceptors (Lipinski definition) is 5. The fourth-order valence-electron chi connectivity index (χ4n) is 2.61. The van der Waals surface area contributed by atoms with E-state index in [4.69, 9.17) is 4.74 Å². The predicted molar refractivity (Wildman–Crippen MR) is 106 cm³/mol. The molecule has 1 fully saturated rings. The lowest BCUT2D eigenvalue weighted by Gasteiger charge is -2.29. The maximum atomic E-state index is 12.2. The molecular weight excluding hydrogens is 328 g/mol. The van der Waals surface area contributed by atoms with E-state index in [0.717, 1.165) is 45.8 Å². The van der Waals surface area contributed by atoms with E-state index in [2.05, 4.69) is 16.8 Å². The Morgan fingerprint density at radius 3 is 2.12 bits per heavy atom. The van der Waals surface area contributed by atoms with Crippen LogP contribution in [0.25, 0.3) is 0 Å². The van der Waals surface area contributed by atoms with Crippen LogP contribution in [-0.2, 0) is 14.3 Å². The highest BCUT2D eigenvalue weighted by Crippen LogP contribution is 2.11. The molecule has 0 bridgehead atoms. The van der Waals surface area contributed by atoms with Gasteiger partial charge in [-0.1, -0.05) is 32.9 Å². The van der Waals surface area contributed by atoms with Gasteiger partial charge in [0.05, 0.1) is 13.2 Å². The van der Waals surface area contributed by atoms with Gasteiger partial charge < -0.3 is 14.5 Å². The smallest absolute Gasteiger partial charge is 0.158 e. The van der Waals surface area contributed by atoms with Gasteiger partial charge in [-0.2, -0.15) is 0 Å². The molecule has 148 valence electrons. The zero-order valence-corrected chi connectivity index (χ0v) is 17.1. The van der Waals surface area contributed by atoms with Crippen molar-refractivity contribution in [3.8, 4) is 0 Å². The van der Waals surface area contributed by atoms with E-state index in [1.165, 1.54) is 0 Å². The number of ketones is 2. The first-order chi connectivity index (χ1) is 12.3. The summed E-state index contributed by atoms with van der Waals surface area (Å²) < 4.78 is 5.18. The monoisotopic (exact) mass is 364 g/mol. The van der Waals surface area contributed by atoms with E-state index in [0.29, 0.717) is 5.92 Å². The van der Waals surface area contributed by atoms with E-state index < -0.39 is 0 Å². The van der Waals surface area contributed by atoms with Gasteiger partial charge in [-0.15, -0.1) is 0 Å². The molecule has 1 saturated heterocycles. The van der Waals surface area contributed by atoms with Gasteiger partial charge in [-0.25, -0.2) is 0 Å². The van der Waals surface area contributed by atoms with Crippen molar-refractivity contribution in [3.05, 3.63) is 24.3 Å². The summed E-state index contributed by atoms with van der Waals surface area (Å²) in [5.74, 6) is 1.04. The number of likely N-dealkylation sites (N-methyl/N-ethyl adjacent to an activating group) is 2. The number of carbonyl (C=O) groups is 2.